The predicted molar refractivity (Wildman–Crippen MR) is 61.2 cm³/mol. The Labute approximate surface area is 99.5 Å². The zero-order valence-electron chi connectivity index (χ0n) is 6.64. The van der Waals surface area contributed by atoms with Gasteiger partial charge in [-0.2, -0.15) is 0 Å². The smallest absolute Gasteiger partial charge is 0.137 e. The van der Waals surface area contributed by atoms with Gasteiger partial charge in [0.1, 0.15) is 0 Å². The molecule has 1 aromatic heterocycles. The van der Waals surface area contributed by atoms with Gasteiger partial charge in [-0.05, 0) is 18.2 Å². The molecule has 0 aliphatic carbocycles. The van der Waals surface area contributed by atoms with Crippen molar-refractivity contribution >= 4 is 50.9 Å². The summed E-state index contributed by atoms with van der Waals surface area (Å²) in [5.41, 5.74) is 0. The molecular weight excluding hydrogens is 295 g/mol. The van der Waals surface area contributed by atoms with Gasteiger partial charge in [0.15, 0.2) is 10.3 Å². The van der Waals surface area contributed by atoms with Gasteiger partial charge in [0, 0.05) is 10.2 Å². The van der Waals surface area contributed by atoms with Crippen LogP contribution in [-0.2, 0) is 0 Å². The summed E-state index contributed by atoms with van der Waals surface area (Å²) in [7, 11) is 0. The highest BCUT2D eigenvalue weighted by Gasteiger charge is 2.03. The molecule has 72 valence electrons. The summed E-state index contributed by atoms with van der Waals surface area (Å²) in [6, 6.07) is 1.73. The standard InChI is InChI=1S/C7H7BrCl2N2S/c8-2-1-3-13-5-4-6(9)11-12-7(5)10/h4H,1-3H2. The summed E-state index contributed by atoms with van der Waals surface area (Å²) in [5.74, 6) is 0.993. The molecule has 0 bridgehead atoms. The van der Waals surface area contributed by atoms with Gasteiger partial charge < -0.3 is 0 Å². The van der Waals surface area contributed by atoms with E-state index in [1.54, 1.807) is 17.8 Å². The maximum absolute atomic E-state index is 5.81. The molecule has 0 aliphatic rings. The first-order chi connectivity index (χ1) is 6.24. The van der Waals surface area contributed by atoms with Crippen molar-refractivity contribution in [1.82, 2.24) is 10.2 Å². The van der Waals surface area contributed by atoms with Crippen LogP contribution < -0.4 is 0 Å². The third kappa shape index (κ3) is 4.02. The molecule has 0 aliphatic heterocycles. The van der Waals surface area contributed by atoms with Crippen molar-refractivity contribution in [1.29, 1.82) is 0 Å². The lowest BCUT2D eigenvalue weighted by Crippen LogP contribution is -1.87. The summed E-state index contributed by atoms with van der Waals surface area (Å²) >= 11 is 16.5. The van der Waals surface area contributed by atoms with Crippen LogP contribution in [-0.4, -0.2) is 21.3 Å². The number of alkyl halides is 1. The lowest BCUT2D eigenvalue weighted by atomic mass is 10.6. The van der Waals surface area contributed by atoms with E-state index in [1.165, 1.54) is 0 Å². The first kappa shape index (κ1) is 11.6. The van der Waals surface area contributed by atoms with Crippen molar-refractivity contribution in [2.75, 3.05) is 11.1 Å². The Morgan fingerprint density at radius 1 is 1.38 bits per heavy atom. The van der Waals surface area contributed by atoms with E-state index in [9.17, 15) is 0 Å². The molecule has 0 fully saturated rings. The Balaban J connectivity index is 2.59. The number of nitrogens with zero attached hydrogens (tertiary/aromatic N) is 2. The summed E-state index contributed by atoms with van der Waals surface area (Å²) in [6.45, 7) is 0. The minimum Gasteiger partial charge on any atom is -0.137 e. The molecule has 2 nitrogen and oxygen atoms in total. The zero-order valence-corrected chi connectivity index (χ0v) is 10.5. The third-order valence-corrected chi connectivity index (χ3v) is 3.47. The predicted octanol–water partition coefficient (Wildman–Crippen LogP) is 3.66. The highest BCUT2D eigenvalue weighted by atomic mass is 79.9. The molecule has 0 unspecified atom stereocenters. The summed E-state index contributed by atoms with van der Waals surface area (Å²) < 4.78 is 0. The van der Waals surface area contributed by atoms with Gasteiger partial charge >= 0.3 is 0 Å². The second-order valence-electron chi connectivity index (χ2n) is 2.21. The van der Waals surface area contributed by atoms with Crippen molar-refractivity contribution in [3.63, 3.8) is 0 Å². The van der Waals surface area contributed by atoms with Crippen LogP contribution in [0.3, 0.4) is 0 Å². The first-order valence-electron chi connectivity index (χ1n) is 3.61. The topological polar surface area (TPSA) is 25.8 Å². The summed E-state index contributed by atoms with van der Waals surface area (Å²) in [5, 5.41) is 9.13. The van der Waals surface area contributed by atoms with Crippen LogP contribution in [0.5, 0.6) is 0 Å². The lowest BCUT2D eigenvalue weighted by molar-refractivity contribution is 0.996. The SMILES string of the molecule is Clc1cc(SCCCBr)c(Cl)nn1. The van der Waals surface area contributed by atoms with E-state index in [0.29, 0.717) is 10.3 Å². The van der Waals surface area contributed by atoms with Gasteiger partial charge in [0.25, 0.3) is 0 Å². The van der Waals surface area contributed by atoms with Crippen molar-refractivity contribution < 1.29 is 0 Å². The van der Waals surface area contributed by atoms with E-state index in [4.69, 9.17) is 23.2 Å². The molecule has 1 heterocycles. The monoisotopic (exact) mass is 300 g/mol. The fourth-order valence-electron chi connectivity index (χ4n) is 0.675. The van der Waals surface area contributed by atoms with Crippen LogP contribution in [0.2, 0.25) is 10.3 Å². The molecule has 0 N–H and O–H groups in total. The van der Waals surface area contributed by atoms with Crippen LogP contribution >= 0.6 is 50.9 Å². The Morgan fingerprint density at radius 2 is 2.15 bits per heavy atom. The molecule has 0 spiro atoms. The van der Waals surface area contributed by atoms with E-state index in [-0.39, 0.29) is 0 Å². The highest BCUT2D eigenvalue weighted by molar-refractivity contribution is 9.09. The number of thioether (sulfide) groups is 1. The maximum Gasteiger partial charge on any atom is 0.165 e. The average molecular weight is 302 g/mol. The van der Waals surface area contributed by atoms with Gasteiger partial charge in [-0.3, -0.25) is 0 Å². The molecule has 1 aromatic rings. The van der Waals surface area contributed by atoms with Crippen molar-refractivity contribution in [3.8, 4) is 0 Å². The second-order valence-corrected chi connectivity index (χ2v) is 4.89. The number of hydrogen-bond donors (Lipinski definition) is 0. The van der Waals surface area contributed by atoms with E-state index in [2.05, 4.69) is 26.1 Å². The van der Waals surface area contributed by atoms with Crippen molar-refractivity contribution in [2.45, 2.75) is 11.3 Å². The quantitative estimate of drug-likeness (QED) is 0.482. The van der Waals surface area contributed by atoms with E-state index >= 15 is 0 Å². The normalized spacial score (nSPS) is 10.4. The van der Waals surface area contributed by atoms with Gasteiger partial charge in [-0.1, -0.05) is 39.1 Å². The van der Waals surface area contributed by atoms with E-state index in [0.717, 1.165) is 22.4 Å². The van der Waals surface area contributed by atoms with Gasteiger partial charge in [-0.15, -0.1) is 22.0 Å². The van der Waals surface area contributed by atoms with Gasteiger partial charge in [0.05, 0.1) is 0 Å². The third-order valence-electron chi connectivity index (χ3n) is 1.22. The number of hydrogen-bond acceptors (Lipinski definition) is 3. The van der Waals surface area contributed by atoms with Crippen LogP contribution in [0.4, 0.5) is 0 Å². The Bertz CT molecular complexity index is 285. The number of halogens is 3. The molecule has 0 atom stereocenters. The van der Waals surface area contributed by atoms with Gasteiger partial charge in [0.2, 0.25) is 0 Å². The lowest BCUT2D eigenvalue weighted by Gasteiger charge is -2.01. The molecule has 1 rings (SSSR count). The average Bonchev–Trinajstić information content (AvgIpc) is 2.11. The van der Waals surface area contributed by atoms with Crippen molar-refractivity contribution in [3.05, 3.63) is 16.4 Å². The molecule has 0 aromatic carbocycles. The minimum absolute atomic E-state index is 0.380. The Morgan fingerprint density at radius 3 is 2.85 bits per heavy atom. The van der Waals surface area contributed by atoms with Crippen LogP contribution in [0.1, 0.15) is 6.42 Å². The molecule has 0 radical (unpaired) electrons. The molecule has 0 saturated heterocycles. The zero-order chi connectivity index (χ0) is 9.68. The van der Waals surface area contributed by atoms with Crippen LogP contribution in [0.15, 0.2) is 11.0 Å². The Kier molecular flexibility index (Phi) is 5.39. The first-order valence-corrected chi connectivity index (χ1v) is 6.48. The van der Waals surface area contributed by atoms with Crippen molar-refractivity contribution in [2.24, 2.45) is 0 Å². The molecule has 0 saturated carbocycles. The minimum atomic E-state index is 0.380. The number of aromatic nitrogens is 2. The van der Waals surface area contributed by atoms with Crippen LogP contribution in [0.25, 0.3) is 0 Å². The van der Waals surface area contributed by atoms with E-state index < -0.39 is 0 Å². The largest absolute Gasteiger partial charge is 0.165 e. The van der Waals surface area contributed by atoms with Gasteiger partial charge in [-0.25, -0.2) is 0 Å². The molecule has 6 heteroatoms. The second kappa shape index (κ2) is 6.06. The fourth-order valence-corrected chi connectivity index (χ4v) is 2.66. The highest BCUT2D eigenvalue weighted by Crippen LogP contribution is 2.27. The molecular formula is C7H7BrCl2N2S. The van der Waals surface area contributed by atoms with E-state index in [1.807, 2.05) is 0 Å². The summed E-state index contributed by atoms with van der Waals surface area (Å²) in [6.07, 6.45) is 1.08. The molecule has 0 amide bonds. The summed E-state index contributed by atoms with van der Waals surface area (Å²) in [4.78, 5) is 0.891. The number of rotatable bonds is 4. The Hall–Kier alpha value is 0.490. The fraction of sp³-hybridized carbons (Fsp3) is 0.429. The maximum atomic E-state index is 5.81. The molecule has 13 heavy (non-hydrogen) atoms. The van der Waals surface area contributed by atoms with Crippen LogP contribution in [0, 0.1) is 0 Å².